The summed E-state index contributed by atoms with van der Waals surface area (Å²) in [5.41, 5.74) is 2.08. The normalized spacial score (nSPS) is 17.5. The van der Waals surface area contributed by atoms with Crippen molar-refractivity contribution in [2.75, 3.05) is 18.0 Å². The molecule has 0 saturated carbocycles. The van der Waals surface area contributed by atoms with Crippen LogP contribution in [0.25, 0.3) is 0 Å². The Kier molecular flexibility index (Phi) is 3.59. The molecule has 3 rings (SSSR count). The second-order valence-corrected chi connectivity index (χ2v) is 5.61. The maximum absolute atomic E-state index is 12.3. The van der Waals surface area contributed by atoms with Gasteiger partial charge in [-0.3, -0.25) is 9.48 Å². The van der Waals surface area contributed by atoms with Gasteiger partial charge < -0.3 is 14.8 Å². The maximum Gasteiger partial charge on any atom is 0.268 e. The quantitative estimate of drug-likeness (QED) is 0.902. The van der Waals surface area contributed by atoms with E-state index in [1.807, 2.05) is 25.5 Å². The summed E-state index contributed by atoms with van der Waals surface area (Å²) in [5, 5.41) is 16.1. The monoisotopic (exact) mass is 298 g/mol. The van der Waals surface area contributed by atoms with Crippen LogP contribution in [0.3, 0.4) is 0 Å². The summed E-state index contributed by atoms with van der Waals surface area (Å²) in [6, 6.07) is 3.77. The van der Waals surface area contributed by atoms with E-state index in [2.05, 4.69) is 15.3 Å². The molecule has 22 heavy (non-hydrogen) atoms. The van der Waals surface area contributed by atoms with Crippen LogP contribution in [-0.4, -0.2) is 39.4 Å². The lowest BCUT2D eigenvalue weighted by atomic mass is 10.2. The number of carbonyl (C=O) groups is 1. The van der Waals surface area contributed by atoms with Crippen molar-refractivity contribution >= 4 is 11.6 Å². The average molecular weight is 298 g/mol. The first-order valence-corrected chi connectivity index (χ1v) is 7.17. The Morgan fingerprint density at radius 1 is 1.45 bits per heavy atom. The second kappa shape index (κ2) is 5.56. The Hall–Kier alpha value is -2.75. The van der Waals surface area contributed by atoms with Crippen LogP contribution in [0, 0.1) is 11.3 Å². The molecule has 1 aliphatic heterocycles. The third-order valence-corrected chi connectivity index (χ3v) is 3.95. The predicted octanol–water partition coefficient (Wildman–Crippen LogP) is 0.639. The molecular weight excluding hydrogens is 280 g/mol. The van der Waals surface area contributed by atoms with Gasteiger partial charge in [0, 0.05) is 45.6 Å². The number of hydrogen-bond acceptors (Lipinski definition) is 4. The van der Waals surface area contributed by atoms with Crippen LogP contribution in [0.2, 0.25) is 0 Å². The van der Waals surface area contributed by atoms with Gasteiger partial charge in [-0.05, 0) is 12.5 Å². The third kappa shape index (κ3) is 2.68. The molecule has 1 atom stereocenters. The molecular formula is C15H18N6O. The van der Waals surface area contributed by atoms with E-state index in [4.69, 9.17) is 5.26 Å². The summed E-state index contributed by atoms with van der Waals surface area (Å²) < 4.78 is 3.45. The zero-order valence-electron chi connectivity index (χ0n) is 12.7. The number of amides is 1. The van der Waals surface area contributed by atoms with Gasteiger partial charge >= 0.3 is 0 Å². The van der Waals surface area contributed by atoms with E-state index < -0.39 is 0 Å². The van der Waals surface area contributed by atoms with Crippen LogP contribution in [-0.2, 0) is 14.1 Å². The SMILES string of the molecule is Cn1cc(N2CCC(NC(=O)c3cc(C#N)cn3C)C2)cn1. The average Bonchev–Trinajstić information content (AvgIpc) is 3.18. The van der Waals surface area contributed by atoms with E-state index in [-0.39, 0.29) is 11.9 Å². The number of anilines is 1. The summed E-state index contributed by atoms with van der Waals surface area (Å²) in [6.07, 6.45) is 6.36. The van der Waals surface area contributed by atoms with Crippen molar-refractivity contribution in [2.24, 2.45) is 14.1 Å². The molecule has 7 nitrogen and oxygen atoms in total. The Labute approximate surface area is 128 Å². The molecule has 2 aromatic rings. The van der Waals surface area contributed by atoms with Crippen LogP contribution >= 0.6 is 0 Å². The van der Waals surface area contributed by atoms with E-state index in [0.29, 0.717) is 11.3 Å². The van der Waals surface area contributed by atoms with E-state index in [9.17, 15) is 4.79 Å². The summed E-state index contributed by atoms with van der Waals surface area (Å²) >= 11 is 0. The fraction of sp³-hybridized carbons (Fsp3) is 0.400. The standard InChI is InChI=1S/C15H18N6O/c1-19-8-11(6-16)5-14(19)15(22)18-12-3-4-21(9-12)13-7-17-20(2)10-13/h5,7-8,10,12H,3-4,9H2,1-2H3,(H,18,22). The van der Waals surface area contributed by atoms with Crippen LogP contribution < -0.4 is 10.2 Å². The molecule has 0 radical (unpaired) electrons. The highest BCUT2D eigenvalue weighted by Gasteiger charge is 2.25. The van der Waals surface area contributed by atoms with E-state index in [0.717, 1.165) is 25.2 Å². The zero-order valence-corrected chi connectivity index (χ0v) is 12.7. The number of nitrogens with one attached hydrogen (secondary N) is 1. The van der Waals surface area contributed by atoms with Crippen LogP contribution in [0.4, 0.5) is 5.69 Å². The Morgan fingerprint density at radius 2 is 2.27 bits per heavy atom. The lowest BCUT2D eigenvalue weighted by molar-refractivity contribution is 0.0932. The maximum atomic E-state index is 12.3. The van der Waals surface area contributed by atoms with E-state index >= 15 is 0 Å². The molecule has 0 aromatic carbocycles. The van der Waals surface area contributed by atoms with Crippen molar-refractivity contribution in [3.05, 3.63) is 35.9 Å². The van der Waals surface area contributed by atoms with Gasteiger partial charge in [0.25, 0.3) is 5.91 Å². The first-order valence-electron chi connectivity index (χ1n) is 7.17. The lowest BCUT2D eigenvalue weighted by Crippen LogP contribution is -2.37. The summed E-state index contributed by atoms with van der Waals surface area (Å²) in [6.45, 7) is 1.67. The molecule has 7 heteroatoms. The molecule has 1 saturated heterocycles. The van der Waals surface area contributed by atoms with Crippen molar-refractivity contribution in [1.82, 2.24) is 19.7 Å². The molecule has 0 bridgehead atoms. The highest BCUT2D eigenvalue weighted by atomic mass is 16.2. The molecule has 3 heterocycles. The molecule has 1 unspecified atom stereocenters. The first kappa shape index (κ1) is 14.2. The van der Waals surface area contributed by atoms with Gasteiger partial charge in [-0.25, -0.2) is 0 Å². The molecule has 114 valence electrons. The van der Waals surface area contributed by atoms with Gasteiger partial charge in [-0.1, -0.05) is 0 Å². The van der Waals surface area contributed by atoms with Gasteiger partial charge in [0.2, 0.25) is 0 Å². The third-order valence-electron chi connectivity index (χ3n) is 3.95. The summed E-state index contributed by atoms with van der Waals surface area (Å²) in [7, 11) is 3.66. The number of nitrogens with zero attached hydrogens (tertiary/aromatic N) is 5. The molecule has 1 N–H and O–H groups in total. The Morgan fingerprint density at radius 3 is 2.91 bits per heavy atom. The van der Waals surface area contributed by atoms with Crippen LogP contribution in [0.15, 0.2) is 24.7 Å². The van der Waals surface area contributed by atoms with Crippen molar-refractivity contribution in [3.63, 3.8) is 0 Å². The van der Waals surface area contributed by atoms with E-state index in [1.165, 1.54) is 0 Å². The Balaban J connectivity index is 1.63. The minimum absolute atomic E-state index is 0.105. The van der Waals surface area contributed by atoms with Crippen LogP contribution in [0.5, 0.6) is 0 Å². The van der Waals surface area contributed by atoms with Crippen molar-refractivity contribution in [1.29, 1.82) is 5.26 Å². The van der Waals surface area contributed by atoms with E-state index in [1.54, 1.807) is 28.6 Å². The Bertz CT molecular complexity index is 738. The molecule has 0 aliphatic carbocycles. The molecule has 0 spiro atoms. The minimum Gasteiger partial charge on any atom is -0.367 e. The van der Waals surface area contributed by atoms with Crippen molar-refractivity contribution < 1.29 is 4.79 Å². The zero-order chi connectivity index (χ0) is 15.7. The topological polar surface area (TPSA) is 78.9 Å². The van der Waals surface area contributed by atoms with Gasteiger partial charge in [0.1, 0.15) is 11.8 Å². The molecule has 1 amide bonds. The van der Waals surface area contributed by atoms with Crippen LogP contribution in [0.1, 0.15) is 22.5 Å². The number of carbonyl (C=O) groups excluding carboxylic acids is 1. The van der Waals surface area contributed by atoms with Gasteiger partial charge in [-0.2, -0.15) is 10.4 Å². The molecule has 1 fully saturated rings. The van der Waals surface area contributed by atoms with Gasteiger partial charge in [-0.15, -0.1) is 0 Å². The lowest BCUT2D eigenvalue weighted by Gasteiger charge is -2.17. The van der Waals surface area contributed by atoms with Crippen molar-refractivity contribution in [2.45, 2.75) is 12.5 Å². The smallest absolute Gasteiger partial charge is 0.268 e. The number of aryl methyl sites for hydroxylation is 2. The highest BCUT2D eigenvalue weighted by Crippen LogP contribution is 2.19. The van der Waals surface area contributed by atoms with Crippen molar-refractivity contribution in [3.8, 4) is 6.07 Å². The number of nitriles is 1. The fourth-order valence-electron chi connectivity index (χ4n) is 2.79. The molecule has 1 aliphatic rings. The first-order chi connectivity index (χ1) is 10.6. The van der Waals surface area contributed by atoms with Gasteiger partial charge in [0.15, 0.2) is 0 Å². The highest BCUT2D eigenvalue weighted by molar-refractivity contribution is 5.93. The largest absolute Gasteiger partial charge is 0.367 e. The summed E-state index contributed by atoms with van der Waals surface area (Å²) in [5.74, 6) is -0.137. The van der Waals surface area contributed by atoms with Gasteiger partial charge in [0.05, 0.1) is 17.4 Å². The molecule has 2 aromatic heterocycles. The number of aromatic nitrogens is 3. The second-order valence-electron chi connectivity index (χ2n) is 5.61. The number of hydrogen-bond donors (Lipinski definition) is 1. The summed E-state index contributed by atoms with van der Waals surface area (Å²) in [4.78, 5) is 14.5. The predicted molar refractivity (Wildman–Crippen MR) is 81.4 cm³/mol. The number of rotatable bonds is 3. The minimum atomic E-state index is -0.137. The fourth-order valence-corrected chi connectivity index (χ4v) is 2.79.